The first-order valence-electron chi connectivity index (χ1n) is 5.31. The summed E-state index contributed by atoms with van der Waals surface area (Å²) in [4.78, 5) is 6.39. The molecule has 15 heavy (non-hydrogen) atoms. The van der Waals surface area contributed by atoms with E-state index in [9.17, 15) is 5.11 Å². The quantitative estimate of drug-likeness (QED) is 0.748. The molecule has 3 N–H and O–H groups in total. The predicted molar refractivity (Wildman–Crippen MR) is 59.7 cm³/mol. The largest absolute Gasteiger partial charge is 0.391 e. The van der Waals surface area contributed by atoms with Crippen LogP contribution in [0.4, 0.5) is 5.82 Å². The summed E-state index contributed by atoms with van der Waals surface area (Å²) in [6.45, 7) is 3.50. The molecule has 1 fully saturated rings. The van der Waals surface area contributed by atoms with Gasteiger partial charge in [0, 0.05) is 25.3 Å². The van der Waals surface area contributed by atoms with E-state index in [-0.39, 0.29) is 12.1 Å². The maximum absolute atomic E-state index is 9.45. The maximum Gasteiger partial charge on any atom is 0.128 e. The zero-order chi connectivity index (χ0) is 10.8. The number of hydrogen-bond acceptors (Lipinski definition) is 4. The molecule has 1 aromatic heterocycles. The number of pyridine rings is 1. The second-order valence-corrected chi connectivity index (χ2v) is 4.12. The highest BCUT2D eigenvalue weighted by Crippen LogP contribution is 2.20. The van der Waals surface area contributed by atoms with Gasteiger partial charge in [0.25, 0.3) is 0 Å². The van der Waals surface area contributed by atoms with Gasteiger partial charge in [-0.15, -0.1) is 0 Å². The highest BCUT2D eigenvalue weighted by Gasteiger charge is 2.21. The molecule has 0 aromatic carbocycles. The second kappa shape index (κ2) is 4.16. The van der Waals surface area contributed by atoms with E-state index in [0.29, 0.717) is 6.54 Å². The number of nitrogens with two attached hydrogens (primary N) is 1. The molecular formula is C11H17N3O. The average Bonchev–Trinajstić information content (AvgIpc) is 2.65. The van der Waals surface area contributed by atoms with Crippen molar-refractivity contribution < 1.29 is 5.11 Å². The van der Waals surface area contributed by atoms with E-state index >= 15 is 0 Å². The first-order valence-corrected chi connectivity index (χ1v) is 5.31. The van der Waals surface area contributed by atoms with E-state index in [1.54, 1.807) is 6.20 Å². The van der Waals surface area contributed by atoms with Crippen molar-refractivity contribution in [2.75, 3.05) is 18.0 Å². The minimum atomic E-state index is -0.217. The highest BCUT2D eigenvalue weighted by molar-refractivity contribution is 5.42. The van der Waals surface area contributed by atoms with Gasteiger partial charge in [-0.2, -0.15) is 0 Å². The topological polar surface area (TPSA) is 62.4 Å². The Balaban J connectivity index is 2.18. The fraction of sp³-hybridized carbons (Fsp3) is 0.545. The van der Waals surface area contributed by atoms with Gasteiger partial charge in [-0.1, -0.05) is 0 Å². The third kappa shape index (κ3) is 2.27. The molecule has 1 aliphatic heterocycles. The van der Waals surface area contributed by atoms with Crippen LogP contribution < -0.4 is 10.6 Å². The summed E-state index contributed by atoms with van der Waals surface area (Å²) in [5.74, 6) is 0.918. The van der Waals surface area contributed by atoms with E-state index in [4.69, 9.17) is 5.73 Å². The zero-order valence-corrected chi connectivity index (χ0v) is 8.93. The molecule has 2 rings (SSSR count). The van der Waals surface area contributed by atoms with E-state index in [1.807, 2.05) is 19.1 Å². The molecule has 0 amide bonds. The van der Waals surface area contributed by atoms with Gasteiger partial charge in [0.1, 0.15) is 5.82 Å². The van der Waals surface area contributed by atoms with Crippen molar-refractivity contribution in [3.05, 3.63) is 23.9 Å². The van der Waals surface area contributed by atoms with Gasteiger partial charge in [0.2, 0.25) is 0 Å². The number of aromatic nitrogens is 1. The third-order valence-corrected chi connectivity index (χ3v) is 2.78. The molecule has 1 aromatic rings. The van der Waals surface area contributed by atoms with Gasteiger partial charge in [-0.3, -0.25) is 0 Å². The van der Waals surface area contributed by atoms with Gasteiger partial charge >= 0.3 is 0 Å². The SMILES string of the molecule is CC(N)c1ccnc(N2CCC(O)C2)c1. The molecule has 0 spiro atoms. The summed E-state index contributed by atoms with van der Waals surface area (Å²) >= 11 is 0. The van der Waals surface area contributed by atoms with Crippen LogP contribution in [-0.4, -0.2) is 29.3 Å². The molecule has 2 atom stereocenters. The third-order valence-electron chi connectivity index (χ3n) is 2.78. The minimum Gasteiger partial charge on any atom is -0.391 e. The lowest BCUT2D eigenvalue weighted by atomic mass is 10.1. The van der Waals surface area contributed by atoms with Crippen molar-refractivity contribution in [2.24, 2.45) is 5.73 Å². The van der Waals surface area contributed by atoms with Crippen LogP contribution in [0.1, 0.15) is 24.9 Å². The fourth-order valence-corrected chi connectivity index (χ4v) is 1.84. The number of β-amino-alcohol motifs (C(OH)–C–C–N with tert-alkyl or cyclic N) is 1. The summed E-state index contributed by atoms with van der Waals surface area (Å²) in [6.07, 6.45) is 2.38. The van der Waals surface area contributed by atoms with Crippen molar-refractivity contribution >= 4 is 5.82 Å². The maximum atomic E-state index is 9.45. The zero-order valence-electron chi connectivity index (χ0n) is 8.93. The number of anilines is 1. The molecule has 2 unspecified atom stereocenters. The Kier molecular flexibility index (Phi) is 2.88. The van der Waals surface area contributed by atoms with Crippen LogP contribution in [0.2, 0.25) is 0 Å². The van der Waals surface area contributed by atoms with Gasteiger partial charge in [0.05, 0.1) is 6.10 Å². The molecule has 82 valence electrons. The van der Waals surface area contributed by atoms with Gasteiger partial charge in [-0.25, -0.2) is 4.98 Å². The van der Waals surface area contributed by atoms with Crippen LogP contribution in [0.5, 0.6) is 0 Å². The molecule has 4 heteroatoms. The van der Waals surface area contributed by atoms with Crippen molar-refractivity contribution in [3.63, 3.8) is 0 Å². The molecule has 1 aliphatic rings. The number of aliphatic hydroxyl groups is 1. The van der Waals surface area contributed by atoms with Crippen LogP contribution in [0.3, 0.4) is 0 Å². The normalized spacial score (nSPS) is 23.1. The summed E-state index contributed by atoms with van der Waals surface area (Å²) in [5.41, 5.74) is 6.90. The van der Waals surface area contributed by atoms with Crippen LogP contribution in [-0.2, 0) is 0 Å². The lowest BCUT2D eigenvalue weighted by molar-refractivity contribution is 0.198. The monoisotopic (exact) mass is 207 g/mol. The Morgan fingerprint density at radius 2 is 2.47 bits per heavy atom. The summed E-state index contributed by atoms with van der Waals surface area (Å²) in [7, 11) is 0. The Bertz CT molecular complexity index is 340. The molecule has 4 nitrogen and oxygen atoms in total. The van der Waals surface area contributed by atoms with Crippen LogP contribution >= 0.6 is 0 Å². The van der Waals surface area contributed by atoms with Crippen LogP contribution in [0, 0.1) is 0 Å². The molecular weight excluding hydrogens is 190 g/mol. The summed E-state index contributed by atoms with van der Waals surface area (Å²) in [5, 5.41) is 9.45. The average molecular weight is 207 g/mol. The first kappa shape index (κ1) is 10.4. The van der Waals surface area contributed by atoms with Gasteiger partial charge in [0.15, 0.2) is 0 Å². The number of aliphatic hydroxyl groups excluding tert-OH is 1. The number of hydrogen-bond donors (Lipinski definition) is 2. The molecule has 1 saturated heterocycles. The molecule has 0 aliphatic carbocycles. The van der Waals surface area contributed by atoms with Gasteiger partial charge < -0.3 is 15.7 Å². The lowest BCUT2D eigenvalue weighted by Crippen LogP contribution is -2.22. The Morgan fingerprint density at radius 3 is 3.07 bits per heavy atom. The van der Waals surface area contributed by atoms with E-state index < -0.39 is 0 Å². The standard InChI is InChI=1S/C11H17N3O/c1-8(12)9-2-4-13-11(6-9)14-5-3-10(15)7-14/h2,4,6,8,10,15H,3,5,7,12H2,1H3. The van der Waals surface area contributed by atoms with Crippen molar-refractivity contribution in [3.8, 4) is 0 Å². The summed E-state index contributed by atoms with van der Waals surface area (Å²) < 4.78 is 0. The fourth-order valence-electron chi connectivity index (χ4n) is 1.84. The Hall–Kier alpha value is -1.13. The van der Waals surface area contributed by atoms with Crippen LogP contribution in [0.15, 0.2) is 18.3 Å². The van der Waals surface area contributed by atoms with Gasteiger partial charge in [-0.05, 0) is 31.0 Å². The lowest BCUT2D eigenvalue weighted by Gasteiger charge is -2.17. The predicted octanol–water partition coefficient (Wildman–Crippen LogP) is 0.672. The smallest absolute Gasteiger partial charge is 0.128 e. The number of rotatable bonds is 2. The molecule has 0 bridgehead atoms. The highest BCUT2D eigenvalue weighted by atomic mass is 16.3. The Labute approximate surface area is 89.7 Å². The number of nitrogens with zero attached hydrogens (tertiary/aromatic N) is 2. The molecule has 0 radical (unpaired) electrons. The molecule has 0 saturated carbocycles. The first-order chi connectivity index (χ1) is 7.16. The molecule has 2 heterocycles. The Morgan fingerprint density at radius 1 is 1.67 bits per heavy atom. The van der Waals surface area contributed by atoms with Crippen molar-refractivity contribution in [2.45, 2.75) is 25.5 Å². The van der Waals surface area contributed by atoms with Crippen LogP contribution in [0.25, 0.3) is 0 Å². The minimum absolute atomic E-state index is 0.0271. The van der Waals surface area contributed by atoms with E-state index in [2.05, 4.69) is 9.88 Å². The second-order valence-electron chi connectivity index (χ2n) is 4.12. The van der Waals surface area contributed by atoms with E-state index in [1.165, 1.54) is 0 Å². The van der Waals surface area contributed by atoms with Crippen molar-refractivity contribution in [1.29, 1.82) is 0 Å². The van der Waals surface area contributed by atoms with Crippen molar-refractivity contribution in [1.82, 2.24) is 4.98 Å². The van der Waals surface area contributed by atoms with E-state index in [0.717, 1.165) is 24.3 Å². The summed E-state index contributed by atoms with van der Waals surface area (Å²) in [6, 6.07) is 3.96.